The van der Waals surface area contributed by atoms with Crippen molar-refractivity contribution in [3.05, 3.63) is 21.9 Å². The van der Waals surface area contributed by atoms with E-state index in [0.29, 0.717) is 59.7 Å². The van der Waals surface area contributed by atoms with Gasteiger partial charge in [-0.15, -0.1) is 5.54 Å². The lowest BCUT2D eigenvalue weighted by Crippen LogP contribution is -2.50. The van der Waals surface area contributed by atoms with Crippen LogP contribution in [0.15, 0.2) is 0 Å². The molecule has 208 valence electrons. The second kappa shape index (κ2) is 11.5. The molecule has 1 aliphatic heterocycles. The van der Waals surface area contributed by atoms with Gasteiger partial charge in [-0.2, -0.15) is 4.98 Å². The van der Waals surface area contributed by atoms with Crippen LogP contribution in [-0.2, 0) is 4.74 Å². The minimum Gasteiger partial charge on any atom is -0.444 e. The van der Waals surface area contributed by atoms with Crippen LogP contribution in [0, 0.1) is 17.3 Å². The van der Waals surface area contributed by atoms with E-state index in [9.17, 15) is 4.79 Å². The van der Waals surface area contributed by atoms with Gasteiger partial charge >= 0.3 is 6.09 Å². The zero-order chi connectivity index (χ0) is 28.6. The fourth-order valence-corrected chi connectivity index (χ4v) is 11.0. The molecule has 2 aromatic heterocycles. The molecule has 1 saturated heterocycles. The van der Waals surface area contributed by atoms with Gasteiger partial charge in [0.15, 0.2) is 11.0 Å². The number of carbonyl (C=O) groups excluding carboxylic acids is 1. The third kappa shape index (κ3) is 6.18. The van der Waals surface area contributed by atoms with Crippen molar-refractivity contribution in [3.8, 4) is 11.5 Å². The Labute approximate surface area is 236 Å². The van der Waals surface area contributed by atoms with E-state index in [2.05, 4.69) is 68.0 Å². The predicted molar refractivity (Wildman–Crippen MR) is 155 cm³/mol. The van der Waals surface area contributed by atoms with Crippen molar-refractivity contribution in [1.29, 1.82) is 0 Å². The Balaban J connectivity index is 2.12. The normalized spacial score (nSPS) is 14.9. The van der Waals surface area contributed by atoms with Crippen molar-refractivity contribution in [2.75, 3.05) is 31.1 Å². The fourth-order valence-electron chi connectivity index (χ4n) is 5.45. The fraction of sp³-hybridized carbons (Fsp3) is 0.630. The van der Waals surface area contributed by atoms with E-state index in [1.165, 1.54) is 0 Å². The van der Waals surface area contributed by atoms with Crippen LogP contribution in [0.2, 0.25) is 27.1 Å². The number of rotatable bonds is 4. The first-order valence-electron chi connectivity index (χ1n) is 13.1. The summed E-state index contributed by atoms with van der Waals surface area (Å²) in [6.45, 7) is 20.6. The number of carbonyl (C=O) groups is 1. The molecule has 0 aliphatic carbocycles. The molecule has 0 saturated carbocycles. The first-order chi connectivity index (χ1) is 17.6. The summed E-state index contributed by atoms with van der Waals surface area (Å²) in [7, 11) is -2.11. The number of pyridine rings is 1. The summed E-state index contributed by atoms with van der Waals surface area (Å²) in [6, 6.07) is 0. The van der Waals surface area contributed by atoms with Crippen molar-refractivity contribution in [2.24, 2.45) is 0 Å². The molecule has 0 N–H and O–H groups in total. The molecule has 0 unspecified atom stereocenters. The summed E-state index contributed by atoms with van der Waals surface area (Å²) in [5.74, 6) is 2.98. The van der Waals surface area contributed by atoms with Crippen LogP contribution in [0.5, 0.6) is 0 Å². The van der Waals surface area contributed by atoms with Crippen molar-refractivity contribution in [1.82, 2.24) is 19.9 Å². The van der Waals surface area contributed by atoms with Crippen LogP contribution in [0.3, 0.4) is 0 Å². The predicted octanol–water partition coefficient (Wildman–Crippen LogP) is 7.10. The molecule has 11 heteroatoms. The Hall–Kier alpha value is -2.15. The zero-order valence-electron chi connectivity index (χ0n) is 23.7. The lowest BCUT2D eigenvalue weighted by atomic mass is 10.2. The number of piperazine rings is 1. The van der Waals surface area contributed by atoms with Gasteiger partial charge in [0.05, 0.1) is 5.39 Å². The number of hydrogen-bond acceptors (Lipinski definition) is 6. The molecule has 1 fully saturated rings. The van der Waals surface area contributed by atoms with Crippen LogP contribution in [0.1, 0.15) is 68.0 Å². The van der Waals surface area contributed by atoms with Gasteiger partial charge in [-0.05, 0) is 49.0 Å². The maximum atomic E-state index is 15.2. The minimum absolute atomic E-state index is 0.00946. The topological polar surface area (TPSA) is 71.5 Å². The lowest BCUT2D eigenvalue weighted by molar-refractivity contribution is 0.0240. The molecule has 1 amide bonds. The van der Waals surface area contributed by atoms with Gasteiger partial charge in [0.2, 0.25) is 5.28 Å². The van der Waals surface area contributed by atoms with Crippen LogP contribution < -0.4 is 4.90 Å². The molecule has 3 heterocycles. The second-order valence-electron chi connectivity index (χ2n) is 11.7. The van der Waals surface area contributed by atoms with Crippen molar-refractivity contribution < 1.29 is 13.9 Å². The Kier molecular flexibility index (Phi) is 9.22. The molecule has 3 rings (SSSR count). The third-order valence-electron chi connectivity index (χ3n) is 7.19. The molecular formula is C27H38Cl2FN5O2Si. The van der Waals surface area contributed by atoms with Gasteiger partial charge in [0.25, 0.3) is 0 Å². The monoisotopic (exact) mass is 581 g/mol. The molecule has 0 spiro atoms. The third-order valence-corrected chi connectivity index (χ3v) is 13.9. The molecule has 0 aromatic carbocycles. The first-order valence-corrected chi connectivity index (χ1v) is 16.1. The number of amides is 1. The molecule has 0 atom stereocenters. The maximum Gasteiger partial charge on any atom is 0.410 e. The molecule has 7 nitrogen and oxygen atoms in total. The van der Waals surface area contributed by atoms with Gasteiger partial charge < -0.3 is 14.5 Å². The molecular weight excluding hydrogens is 544 g/mol. The summed E-state index contributed by atoms with van der Waals surface area (Å²) >= 11 is 12.5. The number of aromatic nitrogens is 3. The molecule has 1 aliphatic rings. The summed E-state index contributed by atoms with van der Waals surface area (Å²) in [4.78, 5) is 29.2. The zero-order valence-corrected chi connectivity index (χ0v) is 26.3. The van der Waals surface area contributed by atoms with Crippen LogP contribution in [0.4, 0.5) is 15.0 Å². The van der Waals surface area contributed by atoms with E-state index in [1.807, 2.05) is 25.7 Å². The molecule has 2 aromatic rings. The van der Waals surface area contributed by atoms with Crippen molar-refractivity contribution in [2.45, 2.75) is 84.5 Å². The van der Waals surface area contributed by atoms with E-state index in [1.54, 1.807) is 4.90 Å². The van der Waals surface area contributed by atoms with Gasteiger partial charge in [-0.25, -0.2) is 19.2 Å². The van der Waals surface area contributed by atoms with Crippen molar-refractivity contribution in [3.63, 3.8) is 0 Å². The highest BCUT2D eigenvalue weighted by Gasteiger charge is 2.42. The van der Waals surface area contributed by atoms with E-state index in [-0.39, 0.29) is 22.0 Å². The largest absolute Gasteiger partial charge is 0.444 e. The first kappa shape index (κ1) is 30.4. The van der Waals surface area contributed by atoms with Gasteiger partial charge in [-0.3, -0.25) is 0 Å². The Morgan fingerprint density at radius 3 is 2.03 bits per heavy atom. The summed E-state index contributed by atoms with van der Waals surface area (Å²) in [5, 5.41) is -0.0192. The number of ether oxygens (including phenoxy) is 1. The summed E-state index contributed by atoms with van der Waals surface area (Å²) in [6.07, 6.45) is -0.369. The number of nitrogens with zero attached hydrogens (tertiary/aromatic N) is 5. The Morgan fingerprint density at radius 2 is 1.53 bits per heavy atom. The summed E-state index contributed by atoms with van der Waals surface area (Å²) < 4.78 is 20.7. The highest BCUT2D eigenvalue weighted by atomic mass is 35.5. The highest BCUT2D eigenvalue weighted by Crippen LogP contribution is 2.41. The van der Waals surface area contributed by atoms with Crippen LogP contribution >= 0.6 is 23.2 Å². The number of anilines is 1. The molecule has 0 bridgehead atoms. The Bertz CT molecular complexity index is 1240. The van der Waals surface area contributed by atoms with Gasteiger partial charge in [-0.1, -0.05) is 59.1 Å². The standard InChI is InChI=1S/C27H38Cl2FN5O2Si/c1-16(2)38(17(3)4,18(5)6)15-10-19-20-22(21(30)23(28)31-19)32-25(29)33-24(20)34-11-13-35(14-12-34)26(36)37-27(7,8)9/h16-18H,11-14H2,1-9H3. The SMILES string of the molecule is CC(C)[Si](C#Cc1nc(Cl)c(F)c2nc(Cl)nc(N3CCN(C(=O)OC(C)(C)C)CC3)c12)(C(C)C)C(C)C. The lowest BCUT2D eigenvalue weighted by Gasteiger charge is -2.38. The van der Waals surface area contributed by atoms with Gasteiger partial charge in [0, 0.05) is 26.2 Å². The number of halogens is 3. The van der Waals surface area contributed by atoms with E-state index < -0.39 is 19.5 Å². The summed E-state index contributed by atoms with van der Waals surface area (Å²) in [5.41, 5.74) is 4.61. The minimum atomic E-state index is -2.11. The molecule has 38 heavy (non-hydrogen) atoms. The van der Waals surface area contributed by atoms with E-state index in [0.717, 1.165) is 0 Å². The molecule has 0 radical (unpaired) electrons. The van der Waals surface area contributed by atoms with E-state index in [4.69, 9.17) is 27.9 Å². The highest BCUT2D eigenvalue weighted by molar-refractivity contribution is 6.90. The smallest absolute Gasteiger partial charge is 0.410 e. The average Bonchev–Trinajstić information content (AvgIpc) is 2.80. The van der Waals surface area contributed by atoms with Crippen LogP contribution in [-0.4, -0.2) is 65.8 Å². The van der Waals surface area contributed by atoms with Crippen molar-refractivity contribution >= 4 is 54.1 Å². The number of hydrogen-bond donors (Lipinski definition) is 0. The Morgan fingerprint density at radius 1 is 0.974 bits per heavy atom. The number of fused-ring (bicyclic) bond motifs is 1. The quantitative estimate of drug-likeness (QED) is 0.166. The van der Waals surface area contributed by atoms with Crippen LogP contribution in [0.25, 0.3) is 10.9 Å². The van der Waals surface area contributed by atoms with E-state index >= 15 is 4.39 Å². The average molecular weight is 583 g/mol. The maximum absolute atomic E-state index is 15.2. The second-order valence-corrected chi connectivity index (χ2v) is 18.0. The van der Waals surface area contributed by atoms with Gasteiger partial charge in [0.1, 0.15) is 30.7 Å².